The highest BCUT2D eigenvalue weighted by molar-refractivity contribution is 5.88. The van der Waals surface area contributed by atoms with E-state index in [0.717, 1.165) is 12.8 Å². The minimum absolute atomic E-state index is 0.0138. The molecule has 0 aliphatic heterocycles. The van der Waals surface area contributed by atoms with Crippen molar-refractivity contribution in [3.63, 3.8) is 0 Å². The van der Waals surface area contributed by atoms with Gasteiger partial charge in [0.15, 0.2) is 0 Å². The molecule has 0 aromatic rings. The van der Waals surface area contributed by atoms with Gasteiger partial charge in [-0.25, -0.2) is 0 Å². The lowest BCUT2D eigenvalue weighted by molar-refractivity contribution is -0.117. The maximum Gasteiger partial charge on any atom is 0.244 e. The van der Waals surface area contributed by atoms with Crippen LogP contribution in [0.2, 0.25) is 0 Å². The second-order valence-electron chi connectivity index (χ2n) is 4.01. The molecule has 0 heterocycles. The van der Waals surface area contributed by atoms with Crippen molar-refractivity contribution in [1.82, 2.24) is 5.32 Å². The van der Waals surface area contributed by atoms with Crippen molar-refractivity contribution < 1.29 is 4.79 Å². The Morgan fingerprint density at radius 3 is 2.71 bits per heavy atom. The molecular formula is C11H20N2O. The largest absolute Gasteiger partial charge is 0.349 e. The van der Waals surface area contributed by atoms with Crippen molar-refractivity contribution in [2.45, 2.75) is 45.1 Å². The molecule has 0 aromatic carbocycles. The Bertz CT molecular complexity index is 215. The molecule has 3 nitrogen and oxygen atoms in total. The third-order valence-electron chi connectivity index (χ3n) is 2.57. The summed E-state index contributed by atoms with van der Waals surface area (Å²) >= 11 is 0. The van der Waals surface area contributed by atoms with Crippen LogP contribution in [0.25, 0.3) is 0 Å². The molecule has 0 bridgehead atoms. The van der Waals surface area contributed by atoms with Crippen LogP contribution in [0.5, 0.6) is 0 Å². The topological polar surface area (TPSA) is 55.1 Å². The van der Waals surface area contributed by atoms with Crippen LogP contribution >= 0.6 is 0 Å². The Morgan fingerprint density at radius 2 is 2.14 bits per heavy atom. The van der Waals surface area contributed by atoms with E-state index in [-0.39, 0.29) is 11.9 Å². The van der Waals surface area contributed by atoms with Gasteiger partial charge in [-0.15, -0.1) is 0 Å². The van der Waals surface area contributed by atoms with Gasteiger partial charge in [-0.2, -0.15) is 0 Å². The molecule has 0 unspecified atom stereocenters. The van der Waals surface area contributed by atoms with E-state index in [1.54, 1.807) is 6.08 Å². The average molecular weight is 196 g/mol. The Kier molecular flexibility index (Phi) is 4.66. The number of nitrogens with two attached hydrogens (primary N) is 1. The van der Waals surface area contributed by atoms with Crippen molar-refractivity contribution in [2.24, 2.45) is 5.73 Å². The van der Waals surface area contributed by atoms with Crippen molar-refractivity contribution >= 4 is 5.91 Å². The van der Waals surface area contributed by atoms with Crippen LogP contribution in [0, 0.1) is 0 Å². The number of hydrogen-bond acceptors (Lipinski definition) is 2. The molecule has 1 atom stereocenters. The van der Waals surface area contributed by atoms with Gasteiger partial charge in [-0.3, -0.25) is 4.79 Å². The quantitative estimate of drug-likeness (QED) is 0.669. The Balaban J connectivity index is 2.37. The summed E-state index contributed by atoms with van der Waals surface area (Å²) in [5.41, 5.74) is 6.71. The van der Waals surface area contributed by atoms with Crippen LogP contribution in [0.15, 0.2) is 11.6 Å². The van der Waals surface area contributed by atoms with Crippen LogP contribution in [-0.2, 0) is 4.79 Å². The summed E-state index contributed by atoms with van der Waals surface area (Å²) < 4.78 is 0. The smallest absolute Gasteiger partial charge is 0.244 e. The molecule has 1 amide bonds. The SMILES string of the molecule is C[C@H](CN)NC(=O)C=C1CCCCC1. The van der Waals surface area contributed by atoms with Gasteiger partial charge in [0.25, 0.3) is 0 Å². The second kappa shape index (κ2) is 5.81. The minimum Gasteiger partial charge on any atom is -0.349 e. The lowest BCUT2D eigenvalue weighted by Crippen LogP contribution is -2.37. The predicted octanol–water partition coefficient (Wildman–Crippen LogP) is 1.34. The van der Waals surface area contributed by atoms with E-state index in [4.69, 9.17) is 5.73 Å². The van der Waals surface area contributed by atoms with Gasteiger partial charge in [0.2, 0.25) is 5.91 Å². The van der Waals surface area contributed by atoms with Crippen molar-refractivity contribution in [3.8, 4) is 0 Å². The highest BCUT2D eigenvalue weighted by Crippen LogP contribution is 2.22. The van der Waals surface area contributed by atoms with Gasteiger partial charge < -0.3 is 11.1 Å². The fourth-order valence-corrected chi connectivity index (χ4v) is 1.68. The summed E-state index contributed by atoms with van der Waals surface area (Å²) in [4.78, 5) is 11.4. The van der Waals surface area contributed by atoms with Crippen LogP contribution in [0.1, 0.15) is 39.0 Å². The van der Waals surface area contributed by atoms with E-state index in [1.807, 2.05) is 6.92 Å². The summed E-state index contributed by atoms with van der Waals surface area (Å²) in [5, 5.41) is 2.84. The van der Waals surface area contributed by atoms with Gasteiger partial charge in [0.1, 0.15) is 0 Å². The summed E-state index contributed by atoms with van der Waals surface area (Å²) in [6.45, 7) is 2.41. The number of amides is 1. The van der Waals surface area contributed by atoms with Crippen LogP contribution in [-0.4, -0.2) is 18.5 Å². The van der Waals surface area contributed by atoms with Gasteiger partial charge >= 0.3 is 0 Å². The average Bonchev–Trinajstić information content (AvgIpc) is 2.19. The van der Waals surface area contributed by atoms with Crippen molar-refractivity contribution in [3.05, 3.63) is 11.6 Å². The maximum absolute atomic E-state index is 11.4. The lowest BCUT2D eigenvalue weighted by atomic mass is 9.94. The van der Waals surface area contributed by atoms with Crippen molar-refractivity contribution in [2.75, 3.05) is 6.54 Å². The first-order valence-corrected chi connectivity index (χ1v) is 5.42. The third-order valence-corrected chi connectivity index (χ3v) is 2.57. The highest BCUT2D eigenvalue weighted by atomic mass is 16.1. The van der Waals surface area contributed by atoms with E-state index in [2.05, 4.69) is 5.32 Å². The van der Waals surface area contributed by atoms with E-state index in [1.165, 1.54) is 24.8 Å². The second-order valence-corrected chi connectivity index (χ2v) is 4.01. The van der Waals surface area contributed by atoms with Gasteiger partial charge in [-0.1, -0.05) is 12.0 Å². The molecule has 1 saturated carbocycles. The normalized spacial score (nSPS) is 18.9. The molecule has 1 rings (SSSR count). The van der Waals surface area contributed by atoms with Crippen LogP contribution in [0.4, 0.5) is 0 Å². The fourth-order valence-electron chi connectivity index (χ4n) is 1.68. The molecule has 80 valence electrons. The summed E-state index contributed by atoms with van der Waals surface area (Å²) in [6.07, 6.45) is 7.69. The molecule has 14 heavy (non-hydrogen) atoms. The highest BCUT2D eigenvalue weighted by Gasteiger charge is 2.08. The van der Waals surface area contributed by atoms with Gasteiger partial charge in [-0.05, 0) is 32.6 Å². The monoisotopic (exact) mass is 196 g/mol. The molecule has 0 aromatic heterocycles. The molecular weight excluding hydrogens is 176 g/mol. The van der Waals surface area contributed by atoms with Crippen LogP contribution in [0.3, 0.4) is 0 Å². The summed E-state index contributed by atoms with van der Waals surface area (Å²) in [6, 6.07) is 0.0722. The molecule has 1 fully saturated rings. The molecule has 0 spiro atoms. The number of rotatable bonds is 3. The zero-order chi connectivity index (χ0) is 10.4. The van der Waals surface area contributed by atoms with E-state index < -0.39 is 0 Å². The fraction of sp³-hybridized carbons (Fsp3) is 0.727. The first kappa shape index (κ1) is 11.2. The van der Waals surface area contributed by atoms with Gasteiger partial charge in [0, 0.05) is 18.7 Å². The number of carbonyl (C=O) groups excluding carboxylic acids is 1. The number of carbonyl (C=O) groups is 1. The van der Waals surface area contributed by atoms with E-state index >= 15 is 0 Å². The Morgan fingerprint density at radius 1 is 1.50 bits per heavy atom. The van der Waals surface area contributed by atoms with E-state index in [0.29, 0.717) is 6.54 Å². The predicted molar refractivity (Wildman–Crippen MR) is 57.8 cm³/mol. The minimum atomic E-state index is 0.0138. The molecule has 0 saturated heterocycles. The summed E-state index contributed by atoms with van der Waals surface area (Å²) in [5.74, 6) is 0.0138. The molecule has 3 N–H and O–H groups in total. The zero-order valence-electron chi connectivity index (χ0n) is 8.88. The first-order valence-electron chi connectivity index (χ1n) is 5.42. The molecule has 0 radical (unpaired) electrons. The molecule has 1 aliphatic rings. The van der Waals surface area contributed by atoms with Crippen LogP contribution < -0.4 is 11.1 Å². The number of nitrogens with one attached hydrogen (secondary N) is 1. The van der Waals surface area contributed by atoms with E-state index in [9.17, 15) is 4.79 Å². The van der Waals surface area contributed by atoms with Crippen molar-refractivity contribution in [1.29, 1.82) is 0 Å². The van der Waals surface area contributed by atoms with Gasteiger partial charge in [0.05, 0.1) is 0 Å². The molecule has 1 aliphatic carbocycles. The first-order chi connectivity index (χ1) is 6.72. The Labute approximate surface area is 85.7 Å². The number of allylic oxidation sites excluding steroid dienone is 1. The lowest BCUT2D eigenvalue weighted by Gasteiger charge is -2.14. The number of hydrogen-bond donors (Lipinski definition) is 2. The zero-order valence-corrected chi connectivity index (χ0v) is 8.88. The third kappa shape index (κ3) is 3.92. The summed E-state index contributed by atoms with van der Waals surface area (Å²) in [7, 11) is 0. The maximum atomic E-state index is 11.4. The standard InChI is InChI=1S/C11H20N2O/c1-9(8-12)13-11(14)7-10-5-3-2-4-6-10/h7,9H,2-6,8,12H2,1H3,(H,13,14)/t9-/m1/s1. The Hall–Kier alpha value is -0.830. The molecule has 3 heteroatoms.